The van der Waals surface area contributed by atoms with Crippen molar-refractivity contribution < 1.29 is 4.79 Å². The van der Waals surface area contributed by atoms with Crippen molar-refractivity contribution in [1.29, 1.82) is 0 Å². The first-order valence-electron chi connectivity index (χ1n) is 6.33. The highest BCUT2D eigenvalue weighted by atomic mass is 16.2. The third-order valence-electron chi connectivity index (χ3n) is 2.92. The molecular weight excluding hydrogens is 268 g/mol. The number of carbonyl (C=O) groups excluding carboxylic acids is 1. The molecular formula is C15H12N4O2. The van der Waals surface area contributed by atoms with Gasteiger partial charge in [0.1, 0.15) is 5.69 Å². The Morgan fingerprint density at radius 2 is 1.90 bits per heavy atom. The molecule has 0 aliphatic rings. The summed E-state index contributed by atoms with van der Waals surface area (Å²) in [6.07, 6.45) is 3.84. The average Bonchev–Trinajstić information content (AvgIpc) is 3.02. The second kappa shape index (κ2) is 5.46. The molecule has 21 heavy (non-hydrogen) atoms. The Bertz CT molecular complexity index is 801. The van der Waals surface area contributed by atoms with E-state index in [-0.39, 0.29) is 17.2 Å². The largest absolute Gasteiger partial charge is 0.324 e. The Morgan fingerprint density at radius 3 is 2.62 bits per heavy atom. The highest BCUT2D eigenvalue weighted by Crippen LogP contribution is 2.15. The lowest BCUT2D eigenvalue weighted by Crippen LogP contribution is -2.17. The molecule has 2 aromatic heterocycles. The molecule has 0 atom stereocenters. The third kappa shape index (κ3) is 2.89. The molecule has 0 fully saturated rings. The lowest BCUT2D eigenvalue weighted by molar-refractivity contribution is 0.102. The fourth-order valence-corrected chi connectivity index (χ4v) is 1.92. The number of hydrogen-bond donors (Lipinski definition) is 2. The lowest BCUT2D eigenvalue weighted by atomic mass is 10.2. The van der Waals surface area contributed by atoms with Gasteiger partial charge in [-0.15, -0.1) is 0 Å². The Kier molecular flexibility index (Phi) is 3.34. The van der Waals surface area contributed by atoms with Crippen LogP contribution in [-0.4, -0.2) is 20.7 Å². The number of anilines is 1. The maximum atomic E-state index is 12.0. The lowest BCUT2D eigenvalue weighted by Gasteiger charge is -2.07. The number of nitrogens with one attached hydrogen (secondary N) is 2. The van der Waals surface area contributed by atoms with Crippen LogP contribution in [0.1, 0.15) is 10.5 Å². The van der Waals surface area contributed by atoms with Crippen molar-refractivity contribution >= 4 is 11.6 Å². The van der Waals surface area contributed by atoms with Crippen LogP contribution in [0.25, 0.3) is 5.69 Å². The van der Waals surface area contributed by atoms with Crippen LogP contribution in [0, 0.1) is 0 Å². The van der Waals surface area contributed by atoms with Gasteiger partial charge in [-0.25, -0.2) is 5.10 Å². The number of aromatic amines is 1. The van der Waals surface area contributed by atoms with Crippen LogP contribution in [0.15, 0.2) is 65.7 Å². The molecule has 0 saturated heterocycles. The van der Waals surface area contributed by atoms with E-state index in [1.54, 1.807) is 6.07 Å². The number of amides is 1. The monoisotopic (exact) mass is 280 g/mol. The van der Waals surface area contributed by atoms with Gasteiger partial charge in [0.15, 0.2) is 0 Å². The van der Waals surface area contributed by atoms with Gasteiger partial charge in [-0.2, -0.15) is 5.10 Å². The van der Waals surface area contributed by atoms with Crippen LogP contribution in [0.5, 0.6) is 0 Å². The minimum absolute atomic E-state index is 0.154. The third-order valence-corrected chi connectivity index (χ3v) is 2.92. The molecule has 2 N–H and O–H groups in total. The quantitative estimate of drug-likeness (QED) is 0.768. The predicted molar refractivity (Wildman–Crippen MR) is 78.6 cm³/mol. The van der Waals surface area contributed by atoms with Gasteiger partial charge in [0.05, 0.1) is 0 Å². The first-order valence-corrected chi connectivity index (χ1v) is 6.33. The van der Waals surface area contributed by atoms with Gasteiger partial charge >= 0.3 is 0 Å². The Balaban J connectivity index is 1.82. The molecule has 0 aliphatic heterocycles. The number of nitrogens with zero attached hydrogens (tertiary/aromatic N) is 2. The van der Waals surface area contributed by atoms with Gasteiger partial charge in [0.25, 0.3) is 11.5 Å². The first-order chi connectivity index (χ1) is 10.2. The van der Waals surface area contributed by atoms with E-state index < -0.39 is 0 Å². The normalized spacial score (nSPS) is 10.3. The van der Waals surface area contributed by atoms with E-state index >= 15 is 0 Å². The van der Waals surface area contributed by atoms with Crippen LogP contribution < -0.4 is 10.9 Å². The van der Waals surface area contributed by atoms with Gasteiger partial charge in [-0.1, -0.05) is 6.07 Å². The summed E-state index contributed by atoms with van der Waals surface area (Å²) in [6, 6.07) is 13.9. The summed E-state index contributed by atoms with van der Waals surface area (Å²) in [4.78, 5) is 22.9. The molecule has 6 nitrogen and oxygen atoms in total. The summed E-state index contributed by atoms with van der Waals surface area (Å²) in [5.74, 6) is -0.379. The minimum atomic E-state index is -0.379. The number of hydrogen-bond acceptors (Lipinski definition) is 3. The van der Waals surface area contributed by atoms with Gasteiger partial charge in [0, 0.05) is 29.8 Å². The summed E-state index contributed by atoms with van der Waals surface area (Å²) < 4.78 is 1.94. The van der Waals surface area contributed by atoms with Crippen molar-refractivity contribution in [3.8, 4) is 5.69 Å². The molecule has 0 saturated carbocycles. The Morgan fingerprint density at radius 1 is 1.10 bits per heavy atom. The zero-order valence-corrected chi connectivity index (χ0v) is 11.0. The molecule has 0 bridgehead atoms. The summed E-state index contributed by atoms with van der Waals surface area (Å²) in [6.45, 7) is 0. The molecule has 1 amide bonds. The second-order valence-corrected chi connectivity index (χ2v) is 4.40. The van der Waals surface area contributed by atoms with Crippen molar-refractivity contribution in [3.05, 3.63) is 77.0 Å². The van der Waals surface area contributed by atoms with Crippen LogP contribution in [0.4, 0.5) is 5.69 Å². The highest BCUT2D eigenvalue weighted by Gasteiger charge is 2.08. The molecule has 3 aromatic rings. The number of rotatable bonds is 3. The van der Waals surface area contributed by atoms with E-state index in [0.717, 1.165) is 5.69 Å². The topological polar surface area (TPSA) is 79.8 Å². The predicted octanol–water partition coefficient (Wildman–Crippen LogP) is 1.81. The van der Waals surface area contributed by atoms with Crippen molar-refractivity contribution in [2.45, 2.75) is 0 Å². The summed E-state index contributed by atoms with van der Waals surface area (Å²) in [5, 5.41) is 8.66. The van der Waals surface area contributed by atoms with Gasteiger partial charge in [-0.05, 0) is 36.4 Å². The zero-order chi connectivity index (χ0) is 14.7. The van der Waals surface area contributed by atoms with E-state index in [2.05, 4.69) is 15.5 Å². The molecule has 0 aliphatic carbocycles. The molecule has 3 rings (SSSR count). The molecule has 0 spiro atoms. The SMILES string of the molecule is O=C(Nc1cccc(-n2cccc2)c1)c1ccc(=O)[nH]n1. The van der Waals surface area contributed by atoms with E-state index in [9.17, 15) is 9.59 Å². The first kappa shape index (κ1) is 12.9. The van der Waals surface area contributed by atoms with Gasteiger partial charge < -0.3 is 9.88 Å². The fourth-order valence-electron chi connectivity index (χ4n) is 1.92. The van der Waals surface area contributed by atoms with Crippen molar-refractivity contribution in [3.63, 3.8) is 0 Å². The number of aromatic nitrogens is 3. The summed E-state index contributed by atoms with van der Waals surface area (Å²) in [7, 11) is 0. The maximum Gasteiger partial charge on any atom is 0.276 e. The second-order valence-electron chi connectivity index (χ2n) is 4.40. The number of benzene rings is 1. The molecule has 6 heteroatoms. The molecule has 1 aromatic carbocycles. The fraction of sp³-hybridized carbons (Fsp3) is 0. The summed E-state index contributed by atoms with van der Waals surface area (Å²) >= 11 is 0. The van der Waals surface area contributed by atoms with Crippen LogP contribution in [0.2, 0.25) is 0 Å². The minimum Gasteiger partial charge on any atom is -0.324 e. The van der Waals surface area contributed by atoms with Gasteiger partial charge in [0.2, 0.25) is 0 Å². The highest BCUT2D eigenvalue weighted by molar-refractivity contribution is 6.02. The Labute approximate surface area is 120 Å². The van der Waals surface area contributed by atoms with Crippen LogP contribution >= 0.6 is 0 Å². The van der Waals surface area contributed by atoms with Crippen LogP contribution in [-0.2, 0) is 0 Å². The molecule has 0 unspecified atom stereocenters. The average molecular weight is 280 g/mol. The molecule has 104 valence electrons. The standard InChI is InChI=1S/C15H12N4O2/c20-14-7-6-13(17-18-14)15(21)16-11-4-3-5-12(10-11)19-8-1-2-9-19/h1-10H,(H,16,21)(H,18,20). The number of H-pyrrole nitrogens is 1. The van der Waals surface area contributed by atoms with E-state index in [4.69, 9.17) is 0 Å². The van der Waals surface area contributed by atoms with Crippen molar-refractivity contribution in [1.82, 2.24) is 14.8 Å². The summed E-state index contributed by atoms with van der Waals surface area (Å²) in [5.41, 5.74) is 1.40. The van der Waals surface area contributed by atoms with E-state index in [1.807, 2.05) is 47.3 Å². The molecule has 0 radical (unpaired) electrons. The van der Waals surface area contributed by atoms with Crippen LogP contribution in [0.3, 0.4) is 0 Å². The Hall–Kier alpha value is -3.15. The molecule has 2 heterocycles. The van der Waals surface area contributed by atoms with E-state index in [0.29, 0.717) is 5.69 Å². The van der Waals surface area contributed by atoms with E-state index in [1.165, 1.54) is 12.1 Å². The maximum absolute atomic E-state index is 12.0. The van der Waals surface area contributed by atoms with Crippen molar-refractivity contribution in [2.24, 2.45) is 0 Å². The zero-order valence-electron chi connectivity index (χ0n) is 11.0. The van der Waals surface area contributed by atoms with Crippen molar-refractivity contribution in [2.75, 3.05) is 5.32 Å². The number of carbonyl (C=O) groups is 1. The van der Waals surface area contributed by atoms with Gasteiger partial charge in [-0.3, -0.25) is 9.59 Å². The smallest absolute Gasteiger partial charge is 0.276 e.